The number of ether oxygens (including phenoxy) is 1. The van der Waals surface area contributed by atoms with Crippen LogP contribution in [0.3, 0.4) is 0 Å². The predicted molar refractivity (Wildman–Crippen MR) is 120 cm³/mol. The summed E-state index contributed by atoms with van der Waals surface area (Å²) in [6, 6.07) is 9.94. The van der Waals surface area contributed by atoms with Crippen LogP contribution >= 0.6 is 0 Å². The smallest absolute Gasteiger partial charge is 0.376 e. The molecule has 5 nitrogen and oxygen atoms in total. The van der Waals surface area contributed by atoms with Crippen LogP contribution in [0, 0.1) is 0 Å². The molecule has 1 heterocycles. The van der Waals surface area contributed by atoms with E-state index in [-0.39, 0.29) is 5.78 Å². The van der Waals surface area contributed by atoms with Gasteiger partial charge in [0.15, 0.2) is 0 Å². The van der Waals surface area contributed by atoms with Crippen molar-refractivity contribution in [1.82, 2.24) is 9.97 Å². The first-order valence-electron chi connectivity index (χ1n) is 11.0. The minimum absolute atomic E-state index is 0.174. The van der Waals surface area contributed by atoms with Gasteiger partial charge in [-0.25, -0.2) is 9.97 Å². The molecule has 0 fully saturated rings. The largest absolute Gasteiger partial charge is 0.419 e. The highest BCUT2D eigenvalue weighted by atomic mass is 19.4. The number of alkyl halides is 3. The summed E-state index contributed by atoms with van der Waals surface area (Å²) in [5.74, 6) is 0.555. The second kappa shape index (κ2) is 15.3. The Morgan fingerprint density at radius 3 is 2.19 bits per heavy atom. The van der Waals surface area contributed by atoms with Crippen LogP contribution in [-0.2, 0) is 22.3 Å². The maximum absolute atomic E-state index is 12.4. The van der Waals surface area contributed by atoms with E-state index in [0.29, 0.717) is 25.6 Å². The fourth-order valence-corrected chi connectivity index (χ4v) is 2.75. The van der Waals surface area contributed by atoms with Gasteiger partial charge in [-0.15, -0.1) is 0 Å². The summed E-state index contributed by atoms with van der Waals surface area (Å²) in [5.41, 5.74) is 0.340. The monoisotopic (exact) mass is 453 g/mol. The first-order valence-corrected chi connectivity index (χ1v) is 11.0. The van der Waals surface area contributed by atoms with E-state index in [1.54, 1.807) is 6.92 Å². The van der Waals surface area contributed by atoms with Crippen molar-refractivity contribution in [2.45, 2.75) is 65.7 Å². The molecule has 0 N–H and O–H groups in total. The molecule has 1 aromatic heterocycles. The van der Waals surface area contributed by atoms with Gasteiger partial charge in [0.05, 0.1) is 18.8 Å². The lowest BCUT2D eigenvalue weighted by molar-refractivity contribution is -0.138. The van der Waals surface area contributed by atoms with Crippen LogP contribution in [0.4, 0.5) is 19.1 Å². The number of Topliss-reactive ketones (excluding diaryl/α,β-unsaturated/α-hetero) is 1. The van der Waals surface area contributed by atoms with Crippen molar-refractivity contribution in [3.8, 4) is 0 Å². The Morgan fingerprint density at radius 1 is 1.00 bits per heavy atom. The van der Waals surface area contributed by atoms with Gasteiger partial charge in [-0.2, -0.15) is 13.2 Å². The van der Waals surface area contributed by atoms with Crippen LogP contribution in [-0.4, -0.2) is 35.4 Å². The van der Waals surface area contributed by atoms with Gasteiger partial charge >= 0.3 is 6.18 Å². The molecule has 0 aliphatic heterocycles. The van der Waals surface area contributed by atoms with E-state index in [0.717, 1.165) is 56.7 Å². The first-order chi connectivity index (χ1) is 15.3. The number of benzene rings is 1. The van der Waals surface area contributed by atoms with Crippen molar-refractivity contribution < 1.29 is 22.7 Å². The van der Waals surface area contributed by atoms with Crippen LogP contribution in [0.15, 0.2) is 42.7 Å². The number of rotatable bonds is 12. The number of halogens is 3. The molecule has 0 aliphatic carbocycles. The molecule has 0 unspecified atom stereocenters. The molecule has 1 aromatic carbocycles. The van der Waals surface area contributed by atoms with Crippen LogP contribution in [0.5, 0.6) is 0 Å². The van der Waals surface area contributed by atoms with Gasteiger partial charge in [-0.3, -0.25) is 4.79 Å². The summed E-state index contributed by atoms with van der Waals surface area (Å²) >= 11 is 0. The SMILES string of the molecule is CC(=O)CCOCc1ccccc1.CCCCCN(CCC)c1ncc(C(F)(F)F)cn1. The van der Waals surface area contributed by atoms with Crippen molar-refractivity contribution in [2.24, 2.45) is 0 Å². The summed E-state index contributed by atoms with van der Waals surface area (Å²) in [6.07, 6.45) is 1.95. The maximum atomic E-state index is 12.4. The van der Waals surface area contributed by atoms with Gasteiger partial charge in [-0.1, -0.05) is 57.0 Å². The molecular formula is C24H34F3N3O2. The number of unbranched alkanes of at least 4 members (excludes halogenated alkanes) is 2. The predicted octanol–water partition coefficient (Wildman–Crippen LogP) is 6.08. The Hall–Kier alpha value is -2.48. The second-order valence-corrected chi connectivity index (χ2v) is 7.45. The highest BCUT2D eigenvalue weighted by Crippen LogP contribution is 2.28. The summed E-state index contributed by atoms with van der Waals surface area (Å²) < 4.78 is 42.6. The number of nitrogens with zero attached hydrogens (tertiary/aromatic N) is 3. The third-order valence-electron chi connectivity index (χ3n) is 4.48. The van der Waals surface area contributed by atoms with Gasteiger partial charge in [0, 0.05) is 31.9 Å². The number of hydrogen-bond acceptors (Lipinski definition) is 5. The number of anilines is 1. The fraction of sp³-hybridized carbons (Fsp3) is 0.542. The van der Waals surface area contributed by atoms with Crippen molar-refractivity contribution in [3.63, 3.8) is 0 Å². The van der Waals surface area contributed by atoms with Crippen molar-refractivity contribution in [3.05, 3.63) is 53.9 Å². The van der Waals surface area contributed by atoms with Gasteiger partial charge in [0.2, 0.25) is 5.95 Å². The standard InChI is InChI=1S/C13H20F3N3.C11H14O2/c1-3-5-6-8-19(7-4-2)12-17-9-11(10-18-12)13(14,15)16;1-10(12)7-8-13-9-11-5-3-2-4-6-11/h9-10H,3-8H2,1-2H3;2-6H,7-9H2,1H3. The highest BCUT2D eigenvalue weighted by molar-refractivity contribution is 5.75. The molecule has 0 radical (unpaired) electrons. The van der Waals surface area contributed by atoms with Gasteiger partial charge in [-0.05, 0) is 25.3 Å². The summed E-state index contributed by atoms with van der Waals surface area (Å²) in [7, 11) is 0. The molecule has 32 heavy (non-hydrogen) atoms. The van der Waals surface area contributed by atoms with Crippen molar-refractivity contribution in [2.75, 3.05) is 24.6 Å². The molecule has 0 amide bonds. The topological polar surface area (TPSA) is 55.3 Å². The van der Waals surface area contributed by atoms with Crippen LogP contribution in [0.1, 0.15) is 64.0 Å². The lowest BCUT2D eigenvalue weighted by Crippen LogP contribution is -2.27. The van der Waals surface area contributed by atoms with E-state index in [9.17, 15) is 18.0 Å². The molecular weight excluding hydrogens is 419 g/mol. The number of carbonyl (C=O) groups is 1. The lowest BCUT2D eigenvalue weighted by Gasteiger charge is -2.22. The van der Waals surface area contributed by atoms with E-state index in [4.69, 9.17) is 4.74 Å². The van der Waals surface area contributed by atoms with Crippen LogP contribution < -0.4 is 4.90 Å². The summed E-state index contributed by atoms with van der Waals surface area (Å²) in [6.45, 7) is 8.36. The van der Waals surface area contributed by atoms with Crippen molar-refractivity contribution in [1.29, 1.82) is 0 Å². The van der Waals surface area contributed by atoms with E-state index < -0.39 is 11.7 Å². The van der Waals surface area contributed by atoms with Crippen LogP contribution in [0.2, 0.25) is 0 Å². The normalized spacial score (nSPS) is 10.9. The average Bonchev–Trinajstić information content (AvgIpc) is 2.77. The fourth-order valence-electron chi connectivity index (χ4n) is 2.75. The number of carbonyl (C=O) groups excluding carboxylic acids is 1. The Labute approximate surface area is 189 Å². The zero-order valence-electron chi connectivity index (χ0n) is 19.2. The number of aromatic nitrogens is 2. The summed E-state index contributed by atoms with van der Waals surface area (Å²) in [5, 5.41) is 0. The molecule has 0 aliphatic rings. The number of hydrogen-bond donors (Lipinski definition) is 0. The van der Waals surface area contributed by atoms with E-state index in [1.807, 2.05) is 42.2 Å². The quantitative estimate of drug-likeness (QED) is 0.364. The molecule has 8 heteroatoms. The molecule has 178 valence electrons. The first kappa shape index (κ1) is 27.6. The molecule has 0 spiro atoms. The molecule has 2 aromatic rings. The second-order valence-electron chi connectivity index (χ2n) is 7.45. The Bertz CT molecular complexity index is 753. The highest BCUT2D eigenvalue weighted by Gasteiger charge is 2.31. The molecule has 0 bridgehead atoms. The average molecular weight is 454 g/mol. The molecule has 0 atom stereocenters. The minimum Gasteiger partial charge on any atom is -0.376 e. The van der Waals surface area contributed by atoms with E-state index >= 15 is 0 Å². The zero-order chi connectivity index (χ0) is 23.8. The molecule has 0 saturated carbocycles. The summed E-state index contributed by atoms with van der Waals surface area (Å²) in [4.78, 5) is 20.2. The Balaban J connectivity index is 0.000000343. The van der Waals surface area contributed by atoms with Gasteiger partial charge in [0.1, 0.15) is 5.78 Å². The third kappa shape index (κ3) is 11.8. The number of ketones is 1. The Morgan fingerprint density at radius 2 is 1.66 bits per heavy atom. The van der Waals surface area contributed by atoms with Crippen LogP contribution in [0.25, 0.3) is 0 Å². The zero-order valence-corrected chi connectivity index (χ0v) is 19.2. The van der Waals surface area contributed by atoms with Crippen molar-refractivity contribution >= 4 is 11.7 Å². The minimum atomic E-state index is -4.38. The molecule has 0 saturated heterocycles. The third-order valence-corrected chi connectivity index (χ3v) is 4.48. The Kier molecular flexibility index (Phi) is 13.2. The van der Waals surface area contributed by atoms with E-state index in [2.05, 4.69) is 16.9 Å². The van der Waals surface area contributed by atoms with E-state index in [1.165, 1.54) is 0 Å². The van der Waals surface area contributed by atoms with Gasteiger partial charge in [0.25, 0.3) is 0 Å². The maximum Gasteiger partial charge on any atom is 0.419 e. The molecule has 2 rings (SSSR count). The van der Waals surface area contributed by atoms with Gasteiger partial charge < -0.3 is 9.64 Å². The lowest BCUT2D eigenvalue weighted by atomic mass is 10.2.